The number of rotatable bonds is 1. The number of amidine groups is 1. The number of guanidine groups is 1. The lowest BCUT2D eigenvalue weighted by Gasteiger charge is -2.05. The van der Waals surface area contributed by atoms with E-state index in [0.29, 0.717) is 5.96 Å². The van der Waals surface area contributed by atoms with Gasteiger partial charge >= 0.3 is 0 Å². The summed E-state index contributed by atoms with van der Waals surface area (Å²) in [4.78, 5) is 3.95. The number of aliphatic imine (C=N–C) groups is 1. The first-order valence-electron chi connectivity index (χ1n) is 3.16. The van der Waals surface area contributed by atoms with Crippen molar-refractivity contribution in [1.82, 2.24) is 0 Å². The average Bonchev–Trinajstić information content (AvgIpc) is 2.03. The molecule has 1 aliphatic rings. The van der Waals surface area contributed by atoms with Gasteiger partial charge in [0.2, 0.25) is 5.96 Å². The predicted molar refractivity (Wildman–Crippen MR) is 52.9 cm³/mol. The van der Waals surface area contributed by atoms with Gasteiger partial charge in [0.1, 0.15) is 0 Å². The van der Waals surface area contributed by atoms with E-state index in [1.54, 1.807) is 0 Å². The van der Waals surface area contributed by atoms with E-state index in [9.17, 15) is 0 Å². The molecule has 0 spiro atoms. The Balaban J connectivity index is 2.88. The molecule has 0 aromatic rings. The molecule has 0 aromatic carbocycles. The molecule has 0 saturated heterocycles. The molecule has 0 saturated carbocycles. The van der Waals surface area contributed by atoms with Gasteiger partial charge in [-0.3, -0.25) is 0 Å². The third-order valence-corrected chi connectivity index (χ3v) is 2.99. The minimum absolute atomic E-state index is 0.275. The van der Waals surface area contributed by atoms with E-state index in [1.807, 2.05) is 13.2 Å². The Morgan fingerprint density at radius 1 is 1.64 bits per heavy atom. The topological polar surface area (TPSA) is 63.1 Å². The highest BCUT2D eigenvalue weighted by molar-refractivity contribution is 8.13. The highest BCUT2D eigenvalue weighted by Gasteiger charge is 2.04. The maximum absolute atomic E-state index is 5.46. The van der Waals surface area contributed by atoms with Crippen LogP contribution in [0.15, 0.2) is 13.8 Å². The standard InChI is InChI=1S/C5H10N4S2/c1-3-11-8-4(6)7-5(9-11)10-2/h3H2,1-2H3,(H2,6,7,8,9). The molecule has 4 nitrogen and oxygen atoms in total. The summed E-state index contributed by atoms with van der Waals surface area (Å²) in [5, 5.41) is 0.739. The van der Waals surface area contributed by atoms with Gasteiger partial charge in [-0.1, -0.05) is 18.7 Å². The number of hydrogen-bond acceptors (Lipinski definition) is 5. The minimum Gasteiger partial charge on any atom is -0.367 e. The molecule has 1 atom stereocenters. The average molecular weight is 190 g/mol. The second-order valence-electron chi connectivity index (χ2n) is 1.77. The van der Waals surface area contributed by atoms with Crippen LogP contribution in [0.25, 0.3) is 0 Å². The lowest BCUT2D eigenvalue weighted by atomic mass is 11.0. The summed E-state index contributed by atoms with van der Waals surface area (Å²) in [7, 11) is -0.275. The smallest absolute Gasteiger partial charge is 0.230 e. The van der Waals surface area contributed by atoms with E-state index < -0.39 is 0 Å². The van der Waals surface area contributed by atoms with E-state index in [2.05, 4.69) is 13.8 Å². The first kappa shape index (κ1) is 8.73. The van der Waals surface area contributed by atoms with Gasteiger partial charge in [-0.2, -0.15) is 13.8 Å². The summed E-state index contributed by atoms with van der Waals surface area (Å²) < 4.78 is 8.30. The molecule has 0 bridgehead atoms. The molecule has 0 radical (unpaired) electrons. The summed E-state index contributed by atoms with van der Waals surface area (Å²) in [6.07, 6.45) is 1.93. The van der Waals surface area contributed by atoms with Crippen molar-refractivity contribution in [1.29, 1.82) is 0 Å². The van der Waals surface area contributed by atoms with Crippen LogP contribution in [-0.2, 0) is 10.9 Å². The van der Waals surface area contributed by atoms with Crippen LogP contribution in [0.5, 0.6) is 0 Å². The Labute approximate surface area is 72.6 Å². The Morgan fingerprint density at radius 2 is 2.36 bits per heavy atom. The van der Waals surface area contributed by atoms with Gasteiger partial charge in [0.15, 0.2) is 5.17 Å². The molecule has 1 rings (SSSR count). The monoisotopic (exact) mass is 190 g/mol. The molecule has 6 heteroatoms. The van der Waals surface area contributed by atoms with E-state index in [-0.39, 0.29) is 10.9 Å². The van der Waals surface area contributed by atoms with Crippen molar-refractivity contribution in [2.45, 2.75) is 6.92 Å². The summed E-state index contributed by atoms with van der Waals surface area (Å²) in [5.74, 6) is 1.26. The van der Waals surface area contributed by atoms with Gasteiger partial charge in [0, 0.05) is 16.6 Å². The van der Waals surface area contributed by atoms with Crippen LogP contribution in [-0.4, -0.2) is 23.1 Å². The van der Waals surface area contributed by atoms with Gasteiger partial charge in [-0.05, 0) is 6.26 Å². The van der Waals surface area contributed by atoms with Crippen molar-refractivity contribution in [3.05, 3.63) is 0 Å². The summed E-state index contributed by atoms with van der Waals surface area (Å²) in [6.45, 7) is 2.03. The van der Waals surface area contributed by atoms with Gasteiger partial charge in [0.25, 0.3) is 0 Å². The Kier molecular flexibility index (Phi) is 3.07. The second-order valence-corrected chi connectivity index (χ2v) is 4.16. The largest absolute Gasteiger partial charge is 0.367 e. The van der Waals surface area contributed by atoms with Crippen LogP contribution < -0.4 is 5.73 Å². The molecule has 1 aliphatic heterocycles. The van der Waals surface area contributed by atoms with Crippen LogP contribution >= 0.6 is 11.8 Å². The van der Waals surface area contributed by atoms with Crippen LogP contribution in [0.4, 0.5) is 0 Å². The highest BCUT2D eigenvalue weighted by atomic mass is 32.2. The first-order chi connectivity index (χ1) is 5.26. The molecule has 0 aliphatic carbocycles. The lowest BCUT2D eigenvalue weighted by Crippen LogP contribution is -2.15. The van der Waals surface area contributed by atoms with Gasteiger partial charge in [-0.15, -0.1) is 0 Å². The van der Waals surface area contributed by atoms with Crippen molar-refractivity contribution in [2.24, 2.45) is 19.5 Å². The molecule has 1 unspecified atom stereocenters. The van der Waals surface area contributed by atoms with Gasteiger partial charge < -0.3 is 5.73 Å². The summed E-state index contributed by atoms with van der Waals surface area (Å²) in [6, 6.07) is 0. The molecule has 0 fully saturated rings. The van der Waals surface area contributed by atoms with Crippen molar-refractivity contribution >= 4 is 33.8 Å². The fraction of sp³-hybridized carbons (Fsp3) is 0.600. The van der Waals surface area contributed by atoms with Crippen molar-refractivity contribution in [3.63, 3.8) is 0 Å². The zero-order chi connectivity index (χ0) is 8.27. The molecule has 0 aromatic heterocycles. The van der Waals surface area contributed by atoms with Crippen LogP contribution in [0.1, 0.15) is 6.92 Å². The fourth-order valence-corrected chi connectivity index (χ4v) is 2.09. The van der Waals surface area contributed by atoms with Crippen molar-refractivity contribution in [3.8, 4) is 0 Å². The minimum atomic E-state index is -0.275. The zero-order valence-corrected chi connectivity index (χ0v) is 8.08. The number of hydrogen-bond donors (Lipinski definition) is 1. The third kappa shape index (κ3) is 2.30. The lowest BCUT2D eigenvalue weighted by molar-refractivity contribution is 1.43. The number of nitrogens with zero attached hydrogens (tertiary/aromatic N) is 3. The molecule has 1 heterocycles. The Bertz CT molecular complexity index is 238. The van der Waals surface area contributed by atoms with E-state index in [4.69, 9.17) is 5.73 Å². The summed E-state index contributed by atoms with van der Waals surface area (Å²) >= 11 is 1.50. The predicted octanol–water partition coefficient (Wildman–Crippen LogP) is 0.770. The maximum Gasteiger partial charge on any atom is 0.230 e. The van der Waals surface area contributed by atoms with Crippen LogP contribution in [0.2, 0.25) is 0 Å². The Morgan fingerprint density at radius 3 is 2.91 bits per heavy atom. The molecule has 62 valence electrons. The Hall–Kier alpha value is -0.360. The van der Waals surface area contributed by atoms with Gasteiger partial charge in [0.05, 0.1) is 0 Å². The second kappa shape index (κ2) is 3.87. The van der Waals surface area contributed by atoms with Gasteiger partial charge in [-0.25, -0.2) is 0 Å². The van der Waals surface area contributed by atoms with E-state index in [1.165, 1.54) is 11.8 Å². The van der Waals surface area contributed by atoms with Crippen LogP contribution in [0, 0.1) is 0 Å². The molecule has 11 heavy (non-hydrogen) atoms. The third-order valence-electron chi connectivity index (χ3n) is 1.03. The molecule has 2 N–H and O–H groups in total. The highest BCUT2D eigenvalue weighted by Crippen LogP contribution is 2.07. The molecular weight excluding hydrogens is 180 g/mol. The van der Waals surface area contributed by atoms with Crippen LogP contribution in [0.3, 0.4) is 0 Å². The summed E-state index contributed by atoms with van der Waals surface area (Å²) in [5.41, 5.74) is 5.46. The van der Waals surface area contributed by atoms with E-state index in [0.717, 1.165) is 10.9 Å². The van der Waals surface area contributed by atoms with E-state index >= 15 is 0 Å². The quantitative estimate of drug-likeness (QED) is 0.664. The number of thioether (sulfide) groups is 1. The fourth-order valence-electron chi connectivity index (χ4n) is 0.569. The normalized spacial score (nSPS) is 23.6. The zero-order valence-electron chi connectivity index (χ0n) is 6.44. The maximum atomic E-state index is 5.46. The number of nitrogens with two attached hydrogens (primary N) is 1. The SMILES string of the molecule is CCS1=NC(SC)=NC(N)=N1. The van der Waals surface area contributed by atoms with Crippen molar-refractivity contribution < 1.29 is 0 Å². The molecular formula is C5H10N4S2. The molecule has 0 amide bonds. The first-order valence-corrected chi connectivity index (χ1v) is 5.69. The van der Waals surface area contributed by atoms with Crippen molar-refractivity contribution in [2.75, 3.05) is 12.0 Å².